The summed E-state index contributed by atoms with van der Waals surface area (Å²) in [6.45, 7) is 8.03. The third kappa shape index (κ3) is 2.47. The summed E-state index contributed by atoms with van der Waals surface area (Å²) < 4.78 is 38.1. The normalized spacial score (nSPS) is 20.1. The third-order valence-electron chi connectivity index (χ3n) is 4.92. The molecule has 0 aliphatic heterocycles. The van der Waals surface area contributed by atoms with E-state index in [1.807, 2.05) is 27.7 Å². The lowest BCUT2D eigenvalue weighted by Gasteiger charge is -2.12. The maximum Gasteiger partial charge on any atom is 0.416 e. The number of nitrogens with one attached hydrogen (secondary N) is 1. The van der Waals surface area contributed by atoms with Crippen LogP contribution in [0.2, 0.25) is 0 Å². The minimum atomic E-state index is -4.50. The zero-order chi connectivity index (χ0) is 16.2. The Bertz CT molecular complexity index is 577. The smallest absolute Gasteiger partial charge is 0.398 e. The highest BCUT2D eigenvalue weighted by Gasteiger charge is 2.65. The Morgan fingerprint density at radius 1 is 1.19 bits per heavy atom. The van der Waals surface area contributed by atoms with E-state index in [1.54, 1.807) is 0 Å². The molecule has 1 aliphatic rings. The second kappa shape index (κ2) is 4.39. The number of nitrogen functional groups attached to an aromatic ring is 1. The summed E-state index contributed by atoms with van der Waals surface area (Å²) in [5.41, 5.74) is 4.46. The minimum Gasteiger partial charge on any atom is -0.398 e. The molecule has 0 radical (unpaired) electrons. The fourth-order valence-corrected chi connectivity index (χ4v) is 2.70. The van der Waals surface area contributed by atoms with Gasteiger partial charge in [-0.3, -0.25) is 4.79 Å². The van der Waals surface area contributed by atoms with Crippen LogP contribution in [0, 0.1) is 10.8 Å². The van der Waals surface area contributed by atoms with Gasteiger partial charge >= 0.3 is 6.18 Å². The fourth-order valence-electron chi connectivity index (χ4n) is 2.70. The van der Waals surface area contributed by atoms with Crippen LogP contribution in [0.15, 0.2) is 18.2 Å². The number of alkyl halides is 3. The van der Waals surface area contributed by atoms with Crippen molar-refractivity contribution in [1.29, 1.82) is 0 Å². The van der Waals surface area contributed by atoms with E-state index in [-0.39, 0.29) is 28.1 Å². The Balaban J connectivity index is 2.25. The Labute approximate surface area is 121 Å². The van der Waals surface area contributed by atoms with Crippen LogP contribution < -0.4 is 11.1 Å². The number of carbonyl (C=O) groups is 1. The quantitative estimate of drug-likeness (QED) is 0.822. The van der Waals surface area contributed by atoms with Crippen molar-refractivity contribution in [3.8, 4) is 0 Å². The molecule has 116 valence electrons. The molecule has 0 atom stereocenters. The van der Waals surface area contributed by atoms with Crippen LogP contribution in [0.5, 0.6) is 0 Å². The molecular formula is C15H19F3N2O. The van der Waals surface area contributed by atoms with E-state index in [1.165, 1.54) is 0 Å². The van der Waals surface area contributed by atoms with Crippen LogP contribution >= 0.6 is 0 Å². The second-order valence-electron chi connectivity index (χ2n) is 6.65. The molecule has 6 heteroatoms. The van der Waals surface area contributed by atoms with Gasteiger partial charge in [-0.15, -0.1) is 0 Å². The number of hydrogen-bond donors (Lipinski definition) is 2. The molecule has 0 spiro atoms. The van der Waals surface area contributed by atoms with Gasteiger partial charge in [0.25, 0.3) is 5.91 Å². The van der Waals surface area contributed by atoms with Gasteiger partial charge in [-0.05, 0) is 29.0 Å². The van der Waals surface area contributed by atoms with Crippen molar-refractivity contribution in [1.82, 2.24) is 5.32 Å². The minimum absolute atomic E-state index is 0.0387. The molecule has 0 bridgehead atoms. The second-order valence-corrected chi connectivity index (χ2v) is 6.65. The van der Waals surface area contributed by atoms with Gasteiger partial charge in [-0.1, -0.05) is 27.7 Å². The van der Waals surface area contributed by atoms with Gasteiger partial charge in [0, 0.05) is 11.7 Å². The zero-order valence-electron chi connectivity index (χ0n) is 12.4. The SMILES string of the molecule is CC1(C)C(NC(=O)c2cc(C(F)(F)F)ccc2N)C1(C)C. The van der Waals surface area contributed by atoms with Gasteiger partial charge in [-0.25, -0.2) is 0 Å². The van der Waals surface area contributed by atoms with Gasteiger partial charge in [0.05, 0.1) is 11.1 Å². The van der Waals surface area contributed by atoms with Crippen molar-refractivity contribution in [3.05, 3.63) is 29.3 Å². The number of halogens is 3. The van der Waals surface area contributed by atoms with Crippen LogP contribution in [0.3, 0.4) is 0 Å². The van der Waals surface area contributed by atoms with E-state index in [2.05, 4.69) is 5.32 Å². The lowest BCUT2D eigenvalue weighted by atomic mass is 10.0. The average Bonchev–Trinajstić information content (AvgIpc) is 2.70. The number of benzene rings is 1. The van der Waals surface area contributed by atoms with Gasteiger partial charge in [0.15, 0.2) is 0 Å². The molecular weight excluding hydrogens is 281 g/mol. The summed E-state index contributed by atoms with van der Waals surface area (Å²) in [5.74, 6) is -0.567. The Kier molecular flexibility index (Phi) is 3.27. The number of amides is 1. The van der Waals surface area contributed by atoms with Gasteiger partial charge < -0.3 is 11.1 Å². The Morgan fingerprint density at radius 3 is 2.14 bits per heavy atom. The summed E-state index contributed by atoms with van der Waals surface area (Å²) in [5, 5.41) is 2.78. The molecule has 1 aliphatic carbocycles. The Morgan fingerprint density at radius 2 is 1.71 bits per heavy atom. The van der Waals surface area contributed by atoms with Crippen molar-refractivity contribution in [2.24, 2.45) is 10.8 Å². The van der Waals surface area contributed by atoms with Gasteiger partial charge in [0.2, 0.25) is 0 Å². The molecule has 0 unspecified atom stereocenters. The lowest BCUT2D eigenvalue weighted by molar-refractivity contribution is -0.137. The molecule has 2 rings (SSSR count). The highest BCUT2D eigenvalue weighted by Crippen LogP contribution is 2.62. The Hall–Kier alpha value is -1.72. The molecule has 1 amide bonds. The number of carbonyl (C=O) groups excluding carboxylic acids is 1. The largest absolute Gasteiger partial charge is 0.416 e. The summed E-state index contributed by atoms with van der Waals surface area (Å²) in [6.07, 6.45) is -4.50. The molecule has 3 nitrogen and oxygen atoms in total. The summed E-state index contributed by atoms with van der Waals surface area (Å²) in [4.78, 5) is 12.2. The standard InChI is InChI=1S/C15H19F3N2O/c1-13(2)12(14(13,3)4)20-11(21)9-7-8(15(16,17)18)5-6-10(9)19/h5-7,12H,19H2,1-4H3,(H,20,21). The molecule has 0 saturated heterocycles. The first-order valence-corrected chi connectivity index (χ1v) is 6.66. The topological polar surface area (TPSA) is 55.1 Å². The zero-order valence-corrected chi connectivity index (χ0v) is 12.4. The molecule has 0 aromatic heterocycles. The summed E-state index contributed by atoms with van der Waals surface area (Å²) >= 11 is 0. The van der Waals surface area contributed by atoms with E-state index >= 15 is 0 Å². The first kappa shape index (κ1) is 15.7. The van der Waals surface area contributed by atoms with Crippen molar-refractivity contribution in [2.45, 2.75) is 39.9 Å². The number of nitrogens with two attached hydrogens (primary N) is 1. The van der Waals surface area contributed by atoms with Crippen molar-refractivity contribution < 1.29 is 18.0 Å². The van der Waals surface area contributed by atoms with Crippen molar-refractivity contribution in [3.63, 3.8) is 0 Å². The molecule has 1 aromatic carbocycles. The van der Waals surface area contributed by atoms with Crippen LogP contribution in [0.1, 0.15) is 43.6 Å². The molecule has 3 N–H and O–H groups in total. The van der Waals surface area contributed by atoms with E-state index in [4.69, 9.17) is 5.73 Å². The van der Waals surface area contributed by atoms with Gasteiger partial charge in [-0.2, -0.15) is 13.2 Å². The number of anilines is 1. The third-order valence-corrected chi connectivity index (χ3v) is 4.92. The van der Waals surface area contributed by atoms with E-state index < -0.39 is 17.6 Å². The van der Waals surface area contributed by atoms with Gasteiger partial charge in [0.1, 0.15) is 0 Å². The fraction of sp³-hybridized carbons (Fsp3) is 0.533. The maximum absolute atomic E-state index is 12.7. The molecule has 1 saturated carbocycles. The lowest BCUT2D eigenvalue weighted by Crippen LogP contribution is -2.30. The number of rotatable bonds is 2. The van der Waals surface area contributed by atoms with E-state index in [9.17, 15) is 18.0 Å². The summed E-state index contributed by atoms with van der Waals surface area (Å²) in [6, 6.07) is 2.69. The molecule has 21 heavy (non-hydrogen) atoms. The highest BCUT2D eigenvalue weighted by atomic mass is 19.4. The molecule has 1 fully saturated rings. The number of hydrogen-bond acceptors (Lipinski definition) is 2. The van der Waals surface area contributed by atoms with E-state index in [0.29, 0.717) is 0 Å². The molecule has 1 aromatic rings. The predicted molar refractivity (Wildman–Crippen MR) is 74.7 cm³/mol. The molecule has 0 heterocycles. The summed E-state index contributed by atoms with van der Waals surface area (Å²) in [7, 11) is 0. The average molecular weight is 300 g/mol. The highest BCUT2D eigenvalue weighted by molar-refractivity contribution is 5.99. The first-order chi connectivity index (χ1) is 9.39. The monoisotopic (exact) mass is 300 g/mol. The van der Waals surface area contributed by atoms with Crippen molar-refractivity contribution >= 4 is 11.6 Å². The van der Waals surface area contributed by atoms with E-state index in [0.717, 1.165) is 18.2 Å². The van der Waals surface area contributed by atoms with Crippen LogP contribution in [0.4, 0.5) is 18.9 Å². The van der Waals surface area contributed by atoms with Crippen LogP contribution in [-0.4, -0.2) is 11.9 Å². The van der Waals surface area contributed by atoms with Crippen LogP contribution in [0.25, 0.3) is 0 Å². The first-order valence-electron chi connectivity index (χ1n) is 6.66. The van der Waals surface area contributed by atoms with Crippen LogP contribution in [-0.2, 0) is 6.18 Å². The maximum atomic E-state index is 12.7. The van der Waals surface area contributed by atoms with Crippen molar-refractivity contribution in [2.75, 3.05) is 5.73 Å². The predicted octanol–water partition coefficient (Wildman–Crippen LogP) is 3.45.